The van der Waals surface area contributed by atoms with Crippen molar-refractivity contribution in [3.8, 4) is 0 Å². The standard InChI is InChI=1S/C17H28N2/c1-14(2)9-11-19(17-7-8-17)12-10-15-5-3-4-6-16(15)13-18/h3-6,14,17H,7-13,18H2,1-2H3. The fraction of sp³-hybridized carbons (Fsp3) is 0.647. The van der Waals surface area contributed by atoms with Crippen molar-refractivity contribution in [3.05, 3.63) is 35.4 Å². The minimum atomic E-state index is 0.658. The zero-order chi connectivity index (χ0) is 13.7. The first-order valence-electron chi connectivity index (χ1n) is 7.71. The molecule has 0 unspecified atom stereocenters. The molecular weight excluding hydrogens is 232 g/mol. The predicted octanol–water partition coefficient (Wildman–Crippen LogP) is 3.20. The minimum absolute atomic E-state index is 0.658. The summed E-state index contributed by atoms with van der Waals surface area (Å²) in [6.07, 6.45) is 5.25. The highest BCUT2D eigenvalue weighted by molar-refractivity contribution is 5.27. The summed E-state index contributed by atoms with van der Waals surface area (Å²) in [7, 11) is 0. The molecule has 1 aliphatic carbocycles. The number of hydrogen-bond acceptors (Lipinski definition) is 2. The average Bonchev–Trinajstić information content (AvgIpc) is 3.23. The number of rotatable bonds is 8. The summed E-state index contributed by atoms with van der Waals surface area (Å²) in [6, 6.07) is 9.47. The van der Waals surface area contributed by atoms with Gasteiger partial charge in [-0.25, -0.2) is 0 Å². The van der Waals surface area contributed by atoms with Crippen molar-refractivity contribution in [2.45, 2.75) is 52.1 Å². The first-order chi connectivity index (χ1) is 9.20. The SMILES string of the molecule is CC(C)CCN(CCc1ccccc1CN)C1CC1. The van der Waals surface area contributed by atoms with E-state index in [2.05, 4.69) is 43.0 Å². The van der Waals surface area contributed by atoms with Crippen LogP contribution in [0.25, 0.3) is 0 Å². The summed E-state index contributed by atoms with van der Waals surface area (Å²) in [5.74, 6) is 0.803. The first-order valence-corrected chi connectivity index (χ1v) is 7.71. The van der Waals surface area contributed by atoms with E-state index in [-0.39, 0.29) is 0 Å². The van der Waals surface area contributed by atoms with Gasteiger partial charge in [-0.1, -0.05) is 38.1 Å². The summed E-state index contributed by atoms with van der Waals surface area (Å²) >= 11 is 0. The van der Waals surface area contributed by atoms with Crippen LogP contribution in [0.1, 0.15) is 44.2 Å². The molecule has 0 bridgehead atoms. The van der Waals surface area contributed by atoms with Crippen LogP contribution in [-0.2, 0) is 13.0 Å². The number of benzene rings is 1. The largest absolute Gasteiger partial charge is 0.326 e. The summed E-state index contributed by atoms with van der Waals surface area (Å²) in [5, 5.41) is 0. The Morgan fingerprint density at radius 3 is 2.42 bits per heavy atom. The Morgan fingerprint density at radius 2 is 1.84 bits per heavy atom. The molecule has 0 atom stereocenters. The van der Waals surface area contributed by atoms with Gasteiger partial charge in [-0.05, 0) is 49.3 Å². The Balaban J connectivity index is 1.87. The van der Waals surface area contributed by atoms with Gasteiger partial charge in [0, 0.05) is 19.1 Å². The minimum Gasteiger partial charge on any atom is -0.326 e. The van der Waals surface area contributed by atoms with Crippen LogP contribution < -0.4 is 5.73 Å². The van der Waals surface area contributed by atoms with E-state index in [0.29, 0.717) is 6.54 Å². The van der Waals surface area contributed by atoms with E-state index in [1.54, 1.807) is 0 Å². The lowest BCUT2D eigenvalue weighted by Gasteiger charge is -2.23. The normalized spacial score (nSPS) is 15.4. The second-order valence-electron chi connectivity index (χ2n) is 6.17. The van der Waals surface area contributed by atoms with Crippen LogP contribution in [0.2, 0.25) is 0 Å². The molecule has 106 valence electrons. The van der Waals surface area contributed by atoms with Crippen molar-refractivity contribution in [1.82, 2.24) is 4.90 Å². The van der Waals surface area contributed by atoms with E-state index in [9.17, 15) is 0 Å². The molecule has 1 aromatic rings. The lowest BCUT2D eigenvalue weighted by atomic mass is 10.0. The maximum atomic E-state index is 5.81. The molecule has 0 amide bonds. The zero-order valence-corrected chi connectivity index (χ0v) is 12.4. The molecule has 1 saturated carbocycles. The molecule has 19 heavy (non-hydrogen) atoms. The number of hydrogen-bond donors (Lipinski definition) is 1. The van der Waals surface area contributed by atoms with Crippen LogP contribution in [0.3, 0.4) is 0 Å². The van der Waals surface area contributed by atoms with Gasteiger partial charge in [0.05, 0.1) is 0 Å². The van der Waals surface area contributed by atoms with Gasteiger partial charge in [-0.2, -0.15) is 0 Å². The Labute approximate surface area is 118 Å². The van der Waals surface area contributed by atoms with Crippen LogP contribution in [0.4, 0.5) is 0 Å². The molecule has 1 aromatic carbocycles. The quantitative estimate of drug-likeness (QED) is 0.778. The third kappa shape index (κ3) is 4.63. The highest BCUT2D eigenvalue weighted by Gasteiger charge is 2.28. The average molecular weight is 260 g/mol. The van der Waals surface area contributed by atoms with Crippen molar-refractivity contribution in [3.63, 3.8) is 0 Å². The summed E-state index contributed by atoms with van der Waals surface area (Å²) in [5.41, 5.74) is 8.55. The molecule has 2 rings (SSSR count). The van der Waals surface area contributed by atoms with Crippen LogP contribution in [0, 0.1) is 5.92 Å². The highest BCUT2D eigenvalue weighted by atomic mass is 15.2. The monoisotopic (exact) mass is 260 g/mol. The Bertz CT molecular complexity index is 383. The second-order valence-corrected chi connectivity index (χ2v) is 6.17. The van der Waals surface area contributed by atoms with E-state index in [4.69, 9.17) is 5.73 Å². The number of nitrogens with two attached hydrogens (primary N) is 1. The predicted molar refractivity (Wildman–Crippen MR) is 82.1 cm³/mol. The van der Waals surface area contributed by atoms with Gasteiger partial charge < -0.3 is 10.6 Å². The van der Waals surface area contributed by atoms with Gasteiger partial charge in [0.1, 0.15) is 0 Å². The van der Waals surface area contributed by atoms with Gasteiger partial charge in [0.15, 0.2) is 0 Å². The van der Waals surface area contributed by atoms with Gasteiger partial charge in [0.2, 0.25) is 0 Å². The van der Waals surface area contributed by atoms with Crippen molar-refractivity contribution in [2.24, 2.45) is 11.7 Å². The van der Waals surface area contributed by atoms with E-state index in [1.807, 2.05) is 0 Å². The van der Waals surface area contributed by atoms with E-state index in [0.717, 1.165) is 18.4 Å². The van der Waals surface area contributed by atoms with E-state index in [1.165, 1.54) is 43.5 Å². The summed E-state index contributed by atoms with van der Waals surface area (Å²) < 4.78 is 0. The summed E-state index contributed by atoms with van der Waals surface area (Å²) in [4.78, 5) is 2.69. The maximum Gasteiger partial charge on any atom is 0.0180 e. The van der Waals surface area contributed by atoms with Gasteiger partial charge in [0.25, 0.3) is 0 Å². The van der Waals surface area contributed by atoms with Gasteiger partial charge in [-0.3, -0.25) is 0 Å². The lowest BCUT2D eigenvalue weighted by molar-refractivity contribution is 0.250. The molecule has 2 heteroatoms. The molecule has 0 radical (unpaired) electrons. The molecular formula is C17H28N2. The molecule has 2 N–H and O–H groups in total. The van der Waals surface area contributed by atoms with Crippen LogP contribution >= 0.6 is 0 Å². The smallest absolute Gasteiger partial charge is 0.0180 e. The fourth-order valence-corrected chi connectivity index (χ4v) is 2.61. The van der Waals surface area contributed by atoms with Crippen molar-refractivity contribution in [1.29, 1.82) is 0 Å². The molecule has 0 saturated heterocycles. The fourth-order valence-electron chi connectivity index (χ4n) is 2.61. The third-order valence-corrected chi connectivity index (χ3v) is 4.06. The molecule has 2 nitrogen and oxygen atoms in total. The summed E-state index contributed by atoms with van der Waals surface area (Å²) in [6.45, 7) is 7.73. The zero-order valence-electron chi connectivity index (χ0n) is 12.4. The molecule has 0 spiro atoms. The molecule has 0 heterocycles. The Hall–Kier alpha value is -0.860. The van der Waals surface area contributed by atoms with E-state index < -0.39 is 0 Å². The third-order valence-electron chi connectivity index (χ3n) is 4.06. The van der Waals surface area contributed by atoms with Crippen LogP contribution in [0.15, 0.2) is 24.3 Å². The van der Waals surface area contributed by atoms with Gasteiger partial charge in [-0.15, -0.1) is 0 Å². The van der Waals surface area contributed by atoms with Crippen molar-refractivity contribution in [2.75, 3.05) is 13.1 Å². The number of nitrogens with zero attached hydrogens (tertiary/aromatic N) is 1. The molecule has 0 aliphatic heterocycles. The highest BCUT2D eigenvalue weighted by Crippen LogP contribution is 2.27. The maximum absolute atomic E-state index is 5.81. The van der Waals surface area contributed by atoms with Crippen LogP contribution in [-0.4, -0.2) is 24.0 Å². The van der Waals surface area contributed by atoms with Crippen molar-refractivity contribution >= 4 is 0 Å². The Morgan fingerprint density at radius 1 is 1.16 bits per heavy atom. The van der Waals surface area contributed by atoms with Crippen LogP contribution in [0.5, 0.6) is 0 Å². The lowest BCUT2D eigenvalue weighted by Crippen LogP contribution is -2.30. The molecule has 1 fully saturated rings. The Kier molecular flexibility index (Phi) is 5.41. The first kappa shape index (κ1) is 14.5. The van der Waals surface area contributed by atoms with E-state index >= 15 is 0 Å². The second kappa shape index (κ2) is 7.06. The van der Waals surface area contributed by atoms with Gasteiger partial charge >= 0.3 is 0 Å². The molecule has 0 aromatic heterocycles. The molecule has 1 aliphatic rings. The topological polar surface area (TPSA) is 29.3 Å². The van der Waals surface area contributed by atoms with Crippen molar-refractivity contribution < 1.29 is 0 Å².